The van der Waals surface area contributed by atoms with Gasteiger partial charge in [0.15, 0.2) is 11.2 Å². The first-order valence-corrected chi connectivity index (χ1v) is 7.47. The number of fused-ring (bicyclic) bond motifs is 1. The molecular formula is C16H15N4O4-. The van der Waals surface area contributed by atoms with Crippen LogP contribution in [0.4, 0.5) is 0 Å². The van der Waals surface area contributed by atoms with Gasteiger partial charge in [-0.3, -0.25) is 14.3 Å². The van der Waals surface area contributed by atoms with E-state index < -0.39 is 23.3 Å². The quantitative estimate of drug-likeness (QED) is 0.687. The number of aliphatic carboxylic acids is 1. The number of carbonyl (C=O) groups excluding carboxylic acids is 1. The summed E-state index contributed by atoms with van der Waals surface area (Å²) in [6.45, 7) is 1.99. The van der Waals surface area contributed by atoms with Gasteiger partial charge in [-0.1, -0.05) is 37.3 Å². The Morgan fingerprint density at radius 2 is 2.00 bits per heavy atom. The fourth-order valence-corrected chi connectivity index (χ4v) is 2.74. The zero-order valence-electron chi connectivity index (χ0n) is 12.9. The van der Waals surface area contributed by atoms with Crippen LogP contribution in [0.15, 0.2) is 46.2 Å². The smallest absolute Gasteiger partial charge is 0.330 e. The molecule has 0 radical (unpaired) electrons. The number of carboxylic acids is 1. The molecule has 0 bridgehead atoms. The van der Waals surface area contributed by atoms with Crippen LogP contribution in [0.1, 0.15) is 24.9 Å². The Morgan fingerprint density at radius 1 is 1.29 bits per heavy atom. The third-order valence-electron chi connectivity index (χ3n) is 3.87. The number of imidazole rings is 1. The largest absolute Gasteiger partial charge is 0.548 e. The van der Waals surface area contributed by atoms with Gasteiger partial charge < -0.3 is 14.5 Å². The Bertz CT molecular complexity index is 1000. The number of benzene rings is 1. The third kappa shape index (κ3) is 2.62. The van der Waals surface area contributed by atoms with Gasteiger partial charge in [0.25, 0.3) is 5.56 Å². The first-order chi connectivity index (χ1) is 11.5. The number of hydrogen-bond acceptors (Lipinski definition) is 5. The molecule has 0 saturated carbocycles. The predicted octanol–water partition coefficient (Wildman–Crippen LogP) is -0.364. The van der Waals surface area contributed by atoms with Crippen molar-refractivity contribution in [1.82, 2.24) is 19.1 Å². The summed E-state index contributed by atoms with van der Waals surface area (Å²) in [5, 5.41) is 11.3. The maximum atomic E-state index is 12.2. The minimum Gasteiger partial charge on any atom is -0.548 e. The molecule has 0 aliphatic carbocycles. The van der Waals surface area contributed by atoms with Gasteiger partial charge in [-0.05, 0) is 12.0 Å². The molecule has 3 rings (SSSR count). The lowest BCUT2D eigenvalue weighted by atomic mass is 10.2. The highest BCUT2D eigenvalue weighted by molar-refractivity contribution is 5.75. The topological polar surface area (TPSA) is 113 Å². The second-order valence-electron chi connectivity index (χ2n) is 5.40. The Morgan fingerprint density at radius 3 is 2.62 bits per heavy atom. The predicted molar refractivity (Wildman–Crippen MR) is 84.5 cm³/mol. The molecule has 0 saturated heterocycles. The second-order valence-corrected chi connectivity index (χ2v) is 5.40. The summed E-state index contributed by atoms with van der Waals surface area (Å²) in [6.07, 6.45) is 1.56. The van der Waals surface area contributed by atoms with Crippen LogP contribution in [0.5, 0.6) is 0 Å². The van der Waals surface area contributed by atoms with Gasteiger partial charge in [-0.25, -0.2) is 9.78 Å². The number of nitrogens with zero attached hydrogens (tertiary/aromatic N) is 3. The lowest BCUT2D eigenvalue weighted by Crippen LogP contribution is -2.41. The van der Waals surface area contributed by atoms with Crippen molar-refractivity contribution in [3.63, 3.8) is 0 Å². The van der Waals surface area contributed by atoms with E-state index in [-0.39, 0.29) is 17.6 Å². The molecular weight excluding hydrogens is 312 g/mol. The lowest BCUT2D eigenvalue weighted by Gasteiger charge is -2.19. The molecule has 8 heteroatoms. The maximum Gasteiger partial charge on any atom is 0.330 e. The highest BCUT2D eigenvalue weighted by Gasteiger charge is 2.20. The van der Waals surface area contributed by atoms with E-state index in [9.17, 15) is 19.5 Å². The van der Waals surface area contributed by atoms with Crippen molar-refractivity contribution in [2.24, 2.45) is 0 Å². The van der Waals surface area contributed by atoms with Gasteiger partial charge in [-0.2, -0.15) is 0 Å². The number of aromatic nitrogens is 4. The van der Waals surface area contributed by atoms with E-state index in [4.69, 9.17) is 0 Å². The summed E-state index contributed by atoms with van der Waals surface area (Å²) < 4.78 is 2.55. The summed E-state index contributed by atoms with van der Waals surface area (Å²) in [7, 11) is 0. The van der Waals surface area contributed by atoms with Crippen molar-refractivity contribution in [2.45, 2.75) is 25.9 Å². The molecule has 24 heavy (non-hydrogen) atoms. The number of nitrogens with one attached hydrogen (secondary N) is 1. The van der Waals surface area contributed by atoms with Gasteiger partial charge in [0.2, 0.25) is 0 Å². The zero-order valence-corrected chi connectivity index (χ0v) is 12.9. The standard InChI is InChI=1S/C16H16N4O4/c1-2-11(15(22)23)20-13-12(14(21)18-16(20)24)19(9-17-13)8-10-6-4-3-5-7-10/h3-7,9,11H,2,8H2,1H3,(H,22,23)(H,18,21,24)/p-1. The molecule has 0 fully saturated rings. The zero-order chi connectivity index (χ0) is 17.3. The van der Waals surface area contributed by atoms with Gasteiger partial charge in [0.05, 0.1) is 18.3 Å². The van der Waals surface area contributed by atoms with Gasteiger partial charge in [0.1, 0.15) is 0 Å². The van der Waals surface area contributed by atoms with Crippen LogP contribution < -0.4 is 16.4 Å². The van der Waals surface area contributed by atoms with Crippen molar-refractivity contribution in [1.29, 1.82) is 0 Å². The molecule has 1 atom stereocenters. The first kappa shape index (κ1) is 15.7. The lowest BCUT2D eigenvalue weighted by molar-refractivity contribution is -0.310. The summed E-state index contributed by atoms with van der Waals surface area (Å²) in [5.74, 6) is -1.40. The minimum atomic E-state index is -1.40. The first-order valence-electron chi connectivity index (χ1n) is 7.47. The van der Waals surface area contributed by atoms with E-state index in [1.807, 2.05) is 30.3 Å². The van der Waals surface area contributed by atoms with Crippen LogP contribution in [-0.4, -0.2) is 25.1 Å². The molecule has 0 spiro atoms. The molecule has 0 aliphatic heterocycles. The number of carbonyl (C=O) groups is 1. The number of H-pyrrole nitrogens is 1. The van der Waals surface area contributed by atoms with E-state index in [1.54, 1.807) is 11.5 Å². The summed E-state index contributed by atoms with van der Waals surface area (Å²) in [6, 6.07) is 8.22. The van der Waals surface area contributed by atoms with E-state index in [2.05, 4.69) is 9.97 Å². The Kier molecular flexibility index (Phi) is 4.03. The normalized spacial score (nSPS) is 12.4. The molecule has 1 N–H and O–H groups in total. The van der Waals surface area contributed by atoms with E-state index in [0.717, 1.165) is 10.1 Å². The fourth-order valence-electron chi connectivity index (χ4n) is 2.74. The number of aromatic amines is 1. The Hall–Kier alpha value is -3.16. The minimum absolute atomic E-state index is 0.0377. The second kappa shape index (κ2) is 6.15. The van der Waals surface area contributed by atoms with Crippen LogP contribution in [0.25, 0.3) is 11.2 Å². The van der Waals surface area contributed by atoms with Crippen LogP contribution in [-0.2, 0) is 11.3 Å². The van der Waals surface area contributed by atoms with Crippen LogP contribution in [0, 0.1) is 0 Å². The fraction of sp³-hybridized carbons (Fsp3) is 0.250. The van der Waals surface area contributed by atoms with Crippen LogP contribution >= 0.6 is 0 Å². The Balaban J connectivity index is 2.21. The van der Waals surface area contributed by atoms with Crippen LogP contribution in [0.3, 0.4) is 0 Å². The van der Waals surface area contributed by atoms with E-state index >= 15 is 0 Å². The molecule has 124 valence electrons. The molecule has 3 aromatic rings. The van der Waals surface area contributed by atoms with Gasteiger partial charge in [-0.15, -0.1) is 0 Å². The average Bonchev–Trinajstić information content (AvgIpc) is 2.96. The van der Waals surface area contributed by atoms with Crippen molar-refractivity contribution in [3.05, 3.63) is 63.1 Å². The van der Waals surface area contributed by atoms with Crippen molar-refractivity contribution < 1.29 is 9.90 Å². The van der Waals surface area contributed by atoms with Gasteiger partial charge >= 0.3 is 5.69 Å². The van der Waals surface area contributed by atoms with Crippen molar-refractivity contribution in [3.8, 4) is 0 Å². The highest BCUT2D eigenvalue weighted by Crippen LogP contribution is 2.15. The third-order valence-corrected chi connectivity index (χ3v) is 3.87. The number of hydrogen-bond donors (Lipinski definition) is 1. The maximum absolute atomic E-state index is 12.2. The highest BCUT2D eigenvalue weighted by atomic mass is 16.4. The summed E-state index contributed by atoms with van der Waals surface area (Å²) in [4.78, 5) is 41.9. The van der Waals surface area contributed by atoms with E-state index in [1.165, 1.54) is 6.33 Å². The molecule has 8 nitrogen and oxygen atoms in total. The molecule has 0 amide bonds. The average molecular weight is 327 g/mol. The van der Waals surface area contributed by atoms with Crippen LogP contribution in [0.2, 0.25) is 0 Å². The molecule has 1 unspecified atom stereocenters. The Labute approximate surface area is 136 Å². The number of carboxylic acid groups (broad SMARTS) is 1. The van der Waals surface area contributed by atoms with E-state index in [0.29, 0.717) is 6.54 Å². The SMILES string of the molecule is CCC(C(=O)[O-])n1c(=O)[nH]c(=O)c2c1ncn2Cc1ccccc1. The molecule has 1 aromatic carbocycles. The van der Waals surface area contributed by atoms with Crippen molar-refractivity contribution in [2.75, 3.05) is 0 Å². The number of rotatable bonds is 5. The van der Waals surface area contributed by atoms with Gasteiger partial charge in [0, 0.05) is 6.54 Å². The van der Waals surface area contributed by atoms with Crippen molar-refractivity contribution >= 4 is 17.1 Å². The molecule has 0 aliphatic rings. The summed E-state index contributed by atoms with van der Waals surface area (Å²) in [5.41, 5.74) is -0.281. The molecule has 2 heterocycles. The summed E-state index contributed by atoms with van der Waals surface area (Å²) >= 11 is 0. The monoisotopic (exact) mass is 327 g/mol. The molecule has 2 aromatic heterocycles.